The second-order valence-corrected chi connectivity index (χ2v) is 8.97. The molecule has 156 valence electrons. The molecule has 7 heteroatoms. The van der Waals surface area contributed by atoms with E-state index in [2.05, 4.69) is 5.32 Å². The van der Waals surface area contributed by atoms with Gasteiger partial charge < -0.3 is 10.2 Å². The molecule has 2 aromatic carbocycles. The minimum atomic E-state index is -0.583. The minimum Gasteiger partial charge on any atom is -0.352 e. The van der Waals surface area contributed by atoms with Crippen LogP contribution in [0, 0.1) is 0 Å². The molecule has 0 bridgehead atoms. The summed E-state index contributed by atoms with van der Waals surface area (Å²) in [6.45, 7) is 5.88. The van der Waals surface area contributed by atoms with Crippen LogP contribution in [-0.2, 0) is 21.9 Å². The van der Waals surface area contributed by atoms with E-state index in [1.165, 1.54) is 11.8 Å². The number of hydrogen-bond acceptors (Lipinski definition) is 3. The van der Waals surface area contributed by atoms with Crippen molar-refractivity contribution in [3.05, 3.63) is 69.7 Å². The zero-order valence-electron chi connectivity index (χ0n) is 16.8. The van der Waals surface area contributed by atoms with E-state index in [0.29, 0.717) is 22.3 Å². The number of amides is 2. The lowest BCUT2D eigenvalue weighted by Crippen LogP contribution is -2.49. The third kappa shape index (κ3) is 7.92. The number of carbonyl (C=O) groups excluding carboxylic acids is 2. The summed E-state index contributed by atoms with van der Waals surface area (Å²) in [5.41, 5.74) is 1.98. The summed E-state index contributed by atoms with van der Waals surface area (Å²) in [5, 5.41) is 4.17. The van der Waals surface area contributed by atoms with Crippen molar-refractivity contribution in [1.29, 1.82) is 0 Å². The van der Waals surface area contributed by atoms with Crippen molar-refractivity contribution >= 4 is 46.8 Å². The molecule has 1 N–H and O–H groups in total. The summed E-state index contributed by atoms with van der Waals surface area (Å²) in [6, 6.07) is 14.3. The average Bonchev–Trinajstić information content (AvgIpc) is 2.66. The van der Waals surface area contributed by atoms with Crippen LogP contribution in [0.4, 0.5) is 0 Å². The number of nitrogens with one attached hydrogen (secondary N) is 1. The van der Waals surface area contributed by atoms with E-state index >= 15 is 0 Å². The molecule has 1 atom stereocenters. The van der Waals surface area contributed by atoms with Crippen molar-refractivity contribution in [3.8, 4) is 0 Å². The Morgan fingerprint density at radius 1 is 1.00 bits per heavy atom. The molecular weight excluding hydrogens is 427 g/mol. The number of nitrogens with zero attached hydrogens (tertiary/aromatic N) is 1. The fourth-order valence-corrected chi connectivity index (χ4v) is 3.95. The lowest BCUT2D eigenvalue weighted by molar-refractivity contribution is -0.138. The Labute approximate surface area is 187 Å². The Balaban J connectivity index is 2.06. The van der Waals surface area contributed by atoms with Gasteiger partial charge in [0.05, 0.1) is 5.75 Å². The molecule has 0 unspecified atom stereocenters. The Kier molecular flexibility index (Phi) is 9.34. The fourth-order valence-electron chi connectivity index (χ4n) is 2.74. The standard InChI is InChI=1S/C22H26Cl2N2O2S/c1-15(2)25-22(28)16(3)26(12-18-5-4-6-20(24)11-18)21(27)14-29-13-17-7-9-19(23)10-8-17/h4-11,15-16H,12-14H2,1-3H3,(H,25,28)/t16-/m0/s1. The van der Waals surface area contributed by atoms with E-state index in [4.69, 9.17) is 23.2 Å². The van der Waals surface area contributed by atoms with Gasteiger partial charge in [-0.2, -0.15) is 0 Å². The van der Waals surface area contributed by atoms with Gasteiger partial charge in [0.1, 0.15) is 6.04 Å². The van der Waals surface area contributed by atoms with Crippen molar-refractivity contribution in [3.63, 3.8) is 0 Å². The fraction of sp³-hybridized carbons (Fsp3) is 0.364. The van der Waals surface area contributed by atoms with Gasteiger partial charge >= 0.3 is 0 Å². The van der Waals surface area contributed by atoms with Crippen LogP contribution in [-0.4, -0.2) is 34.6 Å². The van der Waals surface area contributed by atoms with Crippen molar-refractivity contribution in [2.24, 2.45) is 0 Å². The Hall–Kier alpha value is -1.69. The summed E-state index contributed by atoms with van der Waals surface area (Å²) in [7, 11) is 0. The quantitative estimate of drug-likeness (QED) is 0.570. The number of benzene rings is 2. The maximum Gasteiger partial charge on any atom is 0.242 e. The predicted molar refractivity (Wildman–Crippen MR) is 122 cm³/mol. The van der Waals surface area contributed by atoms with Crippen molar-refractivity contribution in [2.45, 2.75) is 45.2 Å². The monoisotopic (exact) mass is 452 g/mol. The Morgan fingerprint density at radius 2 is 1.69 bits per heavy atom. The van der Waals surface area contributed by atoms with Gasteiger partial charge in [0, 0.05) is 28.4 Å². The summed E-state index contributed by atoms with van der Waals surface area (Å²) in [5.74, 6) is 0.719. The lowest BCUT2D eigenvalue weighted by Gasteiger charge is -2.29. The summed E-state index contributed by atoms with van der Waals surface area (Å²) in [6.07, 6.45) is 0. The number of thioether (sulfide) groups is 1. The van der Waals surface area contributed by atoms with Crippen LogP contribution in [0.2, 0.25) is 10.0 Å². The summed E-state index contributed by atoms with van der Waals surface area (Å²) < 4.78 is 0. The van der Waals surface area contributed by atoms with E-state index in [9.17, 15) is 9.59 Å². The van der Waals surface area contributed by atoms with E-state index in [1.807, 2.05) is 56.3 Å². The molecule has 2 amide bonds. The van der Waals surface area contributed by atoms with Gasteiger partial charge in [-0.05, 0) is 56.2 Å². The van der Waals surface area contributed by atoms with Crippen LogP contribution in [0.5, 0.6) is 0 Å². The molecule has 0 saturated carbocycles. The molecule has 2 rings (SSSR count). The van der Waals surface area contributed by atoms with Gasteiger partial charge in [0.15, 0.2) is 0 Å². The molecule has 2 aromatic rings. The highest BCUT2D eigenvalue weighted by atomic mass is 35.5. The second kappa shape index (κ2) is 11.5. The van der Waals surface area contributed by atoms with Gasteiger partial charge in [-0.15, -0.1) is 11.8 Å². The first kappa shape index (κ1) is 23.6. The molecule has 0 heterocycles. The molecule has 4 nitrogen and oxygen atoms in total. The first-order valence-corrected chi connectivity index (χ1v) is 11.3. The molecule has 0 aliphatic carbocycles. The third-order valence-corrected chi connectivity index (χ3v) is 5.72. The topological polar surface area (TPSA) is 49.4 Å². The minimum absolute atomic E-state index is 0.00681. The van der Waals surface area contributed by atoms with Crippen LogP contribution in [0.1, 0.15) is 31.9 Å². The highest BCUT2D eigenvalue weighted by Crippen LogP contribution is 2.19. The van der Waals surface area contributed by atoms with Gasteiger partial charge in [0.2, 0.25) is 11.8 Å². The molecule has 29 heavy (non-hydrogen) atoms. The smallest absolute Gasteiger partial charge is 0.242 e. The number of carbonyl (C=O) groups is 2. The van der Waals surface area contributed by atoms with Crippen molar-refractivity contribution < 1.29 is 9.59 Å². The Bertz CT molecular complexity index is 828. The maximum atomic E-state index is 13.0. The van der Waals surface area contributed by atoms with E-state index < -0.39 is 6.04 Å². The van der Waals surface area contributed by atoms with Gasteiger partial charge in [-0.3, -0.25) is 9.59 Å². The number of halogens is 2. The molecule has 0 spiro atoms. The zero-order valence-corrected chi connectivity index (χ0v) is 19.2. The third-order valence-electron chi connectivity index (χ3n) is 4.25. The molecule has 0 radical (unpaired) electrons. The lowest BCUT2D eigenvalue weighted by atomic mass is 10.1. The van der Waals surface area contributed by atoms with E-state index in [-0.39, 0.29) is 23.6 Å². The van der Waals surface area contributed by atoms with Crippen LogP contribution in [0.25, 0.3) is 0 Å². The zero-order chi connectivity index (χ0) is 21.4. The van der Waals surface area contributed by atoms with Crippen LogP contribution in [0.15, 0.2) is 48.5 Å². The molecular formula is C22H26Cl2N2O2S. The second-order valence-electron chi connectivity index (χ2n) is 7.11. The molecule has 0 aliphatic heterocycles. The van der Waals surface area contributed by atoms with Crippen LogP contribution < -0.4 is 5.32 Å². The van der Waals surface area contributed by atoms with E-state index in [0.717, 1.165) is 11.1 Å². The highest BCUT2D eigenvalue weighted by Gasteiger charge is 2.26. The van der Waals surface area contributed by atoms with Crippen molar-refractivity contribution in [2.75, 3.05) is 5.75 Å². The number of rotatable bonds is 9. The van der Waals surface area contributed by atoms with Crippen LogP contribution >= 0.6 is 35.0 Å². The molecule has 0 saturated heterocycles. The van der Waals surface area contributed by atoms with Crippen molar-refractivity contribution in [1.82, 2.24) is 10.2 Å². The first-order chi connectivity index (χ1) is 13.8. The maximum absolute atomic E-state index is 13.0. The Morgan fingerprint density at radius 3 is 2.31 bits per heavy atom. The number of hydrogen-bond donors (Lipinski definition) is 1. The largest absolute Gasteiger partial charge is 0.352 e. The van der Waals surface area contributed by atoms with Gasteiger partial charge in [0.25, 0.3) is 0 Å². The summed E-state index contributed by atoms with van der Waals surface area (Å²) >= 11 is 13.5. The highest BCUT2D eigenvalue weighted by molar-refractivity contribution is 7.99. The van der Waals surface area contributed by atoms with Gasteiger partial charge in [-0.1, -0.05) is 47.5 Å². The van der Waals surface area contributed by atoms with Crippen LogP contribution in [0.3, 0.4) is 0 Å². The summed E-state index contributed by atoms with van der Waals surface area (Å²) in [4.78, 5) is 27.1. The first-order valence-electron chi connectivity index (χ1n) is 9.42. The SMILES string of the molecule is CC(C)NC(=O)[C@H](C)N(Cc1cccc(Cl)c1)C(=O)CSCc1ccc(Cl)cc1. The normalized spacial score (nSPS) is 11.9. The molecule has 0 aliphatic rings. The van der Waals surface area contributed by atoms with E-state index in [1.54, 1.807) is 17.9 Å². The van der Waals surface area contributed by atoms with Gasteiger partial charge in [-0.25, -0.2) is 0 Å². The molecule has 0 aromatic heterocycles. The average molecular weight is 453 g/mol. The predicted octanol–water partition coefficient (Wildman–Crippen LogP) is 5.17. The molecule has 0 fully saturated rings.